The molecule has 0 radical (unpaired) electrons. The molecule has 0 aliphatic carbocycles. The standard InChI is InChI=1S/C14H9Cl2N3O/c15-9-2-1-3-10(16)12(9)14(20)19-7-5-8-11(19)4-6-18-13(8)17/h1-7H,(H2,17,18). The van der Waals surface area contributed by atoms with Crippen molar-refractivity contribution in [3.63, 3.8) is 0 Å². The number of anilines is 1. The Morgan fingerprint density at radius 3 is 2.55 bits per heavy atom. The fourth-order valence-electron chi connectivity index (χ4n) is 2.09. The van der Waals surface area contributed by atoms with Crippen molar-refractivity contribution in [2.75, 3.05) is 5.73 Å². The summed E-state index contributed by atoms with van der Waals surface area (Å²) in [4.78, 5) is 16.6. The maximum absolute atomic E-state index is 12.6. The zero-order valence-electron chi connectivity index (χ0n) is 10.2. The molecule has 1 aromatic carbocycles. The molecule has 4 nitrogen and oxygen atoms in total. The highest BCUT2D eigenvalue weighted by Crippen LogP contribution is 2.27. The van der Waals surface area contributed by atoms with Crippen LogP contribution in [-0.4, -0.2) is 15.5 Å². The molecular weight excluding hydrogens is 297 g/mol. The van der Waals surface area contributed by atoms with Crippen molar-refractivity contribution < 1.29 is 4.79 Å². The third kappa shape index (κ3) is 1.94. The SMILES string of the molecule is Nc1nccc2c1ccn2C(=O)c1c(Cl)cccc1Cl. The van der Waals surface area contributed by atoms with Gasteiger partial charge in [-0.3, -0.25) is 9.36 Å². The van der Waals surface area contributed by atoms with E-state index in [0.717, 1.165) is 0 Å². The van der Waals surface area contributed by atoms with Gasteiger partial charge in [0.1, 0.15) is 5.82 Å². The van der Waals surface area contributed by atoms with E-state index >= 15 is 0 Å². The number of hydrogen-bond donors (Lipinski definition) is 1. The first kappa shape index (κ1) is 13.0. The van der Waals surface area contributed by atoms with E-state index in [0.29, 0.717) is 26.8 Å². The minimum atomic E-state index is -0.304. The molecule has 0 unspecified atom stereocenters. The summed E-state index contributed by atoms with van der Waals surface area (Å²) in [6.45, 7) is 0. The maximum Gasteiger partial charge on any atom is 0.265 e. The third-order valence-electron chi connectivity index (χ3n) is 3.04. The lowest BCUT2D eigenvalue weighted by Gasteiger charge is -2.08. The number of halogens is 2. The van der Waals surface area contributed by atoms with Gasteiger partial charge in [0.15, 0.2) is 0 Å². The van der Waals surface area contributed by atoms with Crippen molar-refractivity contribution in [2.45, 2.75) is 0 Å². The van der Waals surface area contributed by atoms with Crippen LogP contribution in [0.15, 0.2) is 42.7 Å². The van der Waals surface area contributed by atoms with Crippen LogP contribution < -0.4 is 5.73 Å². The average Bonchev–Trinajstić information content (AvgIpc) is 2.83. The van der Waals surface area contributed by atoms with Crippen molar-refractivity contribution >= 4 is 45.8 Å². The van der Waals surface area contributed by atoms with Crippen LogP contribution in [0.4, 0.5) is 5.82 Å². The molecule has 0 atom stereocenters. The molecule has 100 valence electrons. The van der Waals surface area contributed by atoms with Gasteiger partial charge in [0.05, 0.1) is 21.1 Å². The van der Waals surface area contributed by atoms with E-state index in [1.54, 1.807) is 42.7 Å². The molecule has 0 saturated heterocycles. The highest BCUT2D eigenvalue weighted by Gasteiger charge is 2.18. The summed E-state index contributed by atoms with van der Waals surface area (Å²) in [5.74, 6) is 0.0699. The quantitative estimate of drug-likeness (QED) is 0.747. The second kappa shape index (κ2) is 4.81. The van der Waals surface area contributed by atoms with Crippen molar-refractivity contribution in [1.29, 1.82) is 0 Å². The molecular formula is C14H9Cl2N3O. The Labute approximate surface area is 124 Å². The van der Waals surface area contributed by atoms with E-state index in [4.69, 9.17) is 28.9 Å². The number of carbonyl (C=O) groups excluding carboxylic acids is 1. The molecule has 2 heterocycles. The number of nitrogen functional groups attached to an aromatic ring is 1. The molecule has 3 rings (SSSR count). The van der Waals surface area contributed by atoms with Crippen molar-refractivity contribution in [3.8, 4) is 0 Å². The van der Waals surface area contributed by atoms with Gasteiger partial charge in [0, 0.05) is 17.8 Å². The summed E-state index contributed by atoms with van der Waals surface area (Å²) >= 11 is 12.1. The number of fused-ring (bicyclic) bond motifs is 1. The lowest BCUT2D eigenvalue weighted by Crippen LogP contribution is -2.12. The van der Waals surface area contributed by atoms with Crippen molar-refractivity contribution in [2.24, 2.45) is 0 Å². The van der Waals surface area contributed by atoms with Gasteiger partial charge in [-0.15, -0.1) is 0 Å². The molecule has 6 heteroatoms. The average molecular weight is 306 g/mol. The monoisotopic (exact) mass is 305 g/mol. The molecule has 0 aliphatic rings. The zero-order chi connectivity index (χ0) is 14.3. The number of benzene rings is 1. The predicted molar refractivity (Wildman–Crippen MR) is 80.3 cm³/mol. The van der Waals surface area contributed by atoms with Gasteiger partial charge in [-0.1, -0.05) is 29.3 Å². The first-order valence-corrected chi connectivity index (χ1v) is 6.55. The van der Waals surface area contributed by atoms with Gasteiger partial charge in [-0.05, 0) is 24.3 Å². The topological polar surface area (TPSA) is 60.9 Å². The number of hydrogen-bond acceptors (Lipinski definition) is 3. The van der Waals surface area contributed by atoms with Gasteiger partial charge < -0.3 is 5.73 Å². The molecule has 2 N–H and O–H groups in total. The Bertz CT molecular complexity index is 806. The Morgan fingerprint density at radius 1 is 1.15 bits per heavy atom. The molecule has 0 bridgehead atoms. The van der Waals surface area contributed by atoms with E-state index in [2.05, 4.69) is 4.98 Å². The summed E-state index contributed by atoms with van der Waals surface area (Å²) in [5, 5.41) is 1.33. The summed E-state index contributed by atoms with van der Waals surface area (Å²) in [6.07, 6.45) is 3.18. The first-order valence-electron chi connectivity index (χ1n) is 5.80. The first-order chi connectivity index (χ1) is 9.59. The molecule has 0 fully saturated rings. The summed E-state index contributed by atoms with van der Waals surface area (Å²) in [6, 6.07) is 8.40. The largest absolute Gasteiger partial charge is 0.383 e. The van der Waals surface area contributed by atoms with Crippen LogP contribution in [0.2, 0.25) is 10.0 Å². The lowest BCUT2D eigenvalue weighted by atomic mass is 10.2. The summed E-state index contributed by atoms with van der Waals surface area (Å²) in [7, 11) is 0. The van der Waals surface area contributed by atoms with Gasteiger partial charge in [0.25, 0.3) is 5.91 Å². The predicted octanol–water partition coefficient (Wildman–Crippen LogP) is 3.61. The minimum Gasteiger partial charge on any atom is -0.383 e. The number of nitrogens with zero attached hydrogens (tertiary/aromatic N) is 2. The van der Waals surface area contributed by atoms with Crippen LogP contribution in [0.25, 0.3) is 10.9 Å². The normalized spacial score (nSPS) is 10.9. The maximum atomic E-state index is 12.6. The summed E-state index contributed by atoms with van der Waals surface area (Å²) in [5.41, 5.74) is 6.71. The van der Waals surface area contributed by atoms with E-state index in [1.165, 1.54) is 4.57 Å². The Hall–Kier alpha value is -2.04. The highest BCUT2D eigenvalue weighted by atomic mass is 35.5. The molecule has 0 amide bonds. The molecule has 3 aromatic rings. The number of nitrogens with two attached hydrogens (primary N) is 1. The molecule has 2 aromatic heterocycles. The number of aromatic nitrogens is 2. The fourth-order valence-corrected chi connectivity index (χ4v) is 2.65. The fraction of sp³-hybridized carbons (Fsp3) is 0. The molecule has 0 aliphatic heterocycles. The second-order valence-electron chi connectivity index (χ2n) is 4.22. The van der Waals surface area contributed by atoms with E-state index in [9.17, 15) is 4.79 Å². The van der Waals surface area contributed by atoms with Crippen LogP contribution in [-0.2, 0) is 0 Å². The third-order valence-corrected chi connectivity index (χ3v) is 3.67. The smallest absolute Gasteiger partial charge is 0.265 e. The minimum absolute atomic E-state index is 0.267. The second-order valence-corrected chi connectivity index (χ2v) is 5.03. The summed E-state index contributed by atoms with van der Waals surface area (Å²) < 4.78 is 1.46. The Balaban J connectivity index is 2.21. The van der Waals surface area contributed by atoms with Gasteiger partial charge in [0.2, 0.25) is 0 Å². The molecule has 20 heavy (non-hydrogen) atoms. The Kier molecular flexibility index (Phi) is 3.12. The Morgan fingerprint density at radius 2 is 1.85 bits per heavy atom. The zero-order valence-corrected chi connectivity index (χ0v) is 11.7. The number of rotatable bonds is 1. The van der Waals surface area contributed by atoms with Crippen LogP contribution in [0.3, 0.4) is 0 Å². The van der Waals surface area contributed by atoms with Crippen LogP contribution in [0.5, 0.6) is 0 Å². The van der Waals surface area contributed by atoms with Gasteiger partial charge in [-0.2, -0.15) is 0 Å². The van der Waals surface area contributed by atoms with Crippen LogP contribution in [0, 0.1) is 0 Å². The molecule has 0 saturated carbocycles. The van der Waals surface area contributed by atoms with E-state index in [1.807, 2.05) is 0 Å². The van der Waals surface area contributed by atoms with Gasteiger partial charge >= 0.3 is 0 Å². The van der Waals surface area contributed by atoms with Gasteiger partial charge in [-0.25, -0.2) is 4.98 Å². The van der Waals surface area contributed by atoms with Crippen LogP contribution >= 0.6 is 23.2 Å². The lowest BCUT2D eigenvalue weighted by molar-refractivity contribution is 0.0965. The highest BCUT2D eigenvalue weighted by molar-refractivity contribution is 6.40. The van der Waals surface area contributed by atoms with Crippen molar-refractivity contribution in [1.82, 2.24) is 9.55 Å². The van der Waals surface area contributed by atoms with Crippen molar-refractivity contribution in [3.05, 3.63) is 58.3 Å². The van der Waals surface area contributed by atoms with E-state index < -0.39 is 0 Å². The van der Waals surface area contributed by atoms with Crippen LogP contribution in [0.1, 0.15) is 10.4 Å². The van der Waals surface area contributed by atoms with E-state index in [-0.39, 0.29) is 11.5 Å². The number of pyridine rings is 1. The number of carbonyl (C=O) groups is 1. The molecule has 0 spiro atoms.